The number of ketones is 2. The predicted molar refractivity (Wildman–Crippen MR) is 76.2 cm³/mol. The predicted octanol–water partition coefficient (Wildman–Crippen LogP) is 0.556. The highest BCUT2D eigenvalue weighted by atomic mass is 16.5. The zero-order chi connectivity index (χ0) is 16.7. The number of nitrogens with zero attached hydrogens (tertiary/aromatic N) is 1. The number of amides is 1. The van der Waals surface area contributed by atoms with Gasteiger partial charge in [0.25, 0.3) is 0 Å². The van der Waals surface area contributed by atoms with Crippen molar-refractivity contribution in [3.63, 3.8) is 0 Å². The Morgan fingerprint density at radius 2 is 2.09 bits per heavy atom. The monoisotopic (exact) mass is 320 g/mol. The fraction of sp³-hybridized carbons (Fsp3) is 0.467. The maximum Gasteiger partial charge on any atom is 0.407 e. The van der Waals surface area contributed by atoms with Crippen LogP contribution in [0.5, 0.6) is 0 Å². The molecule has 1 unspecified atom stereocenters. The summed E-state index contributed by atoms with van der Waals surface area (Å²) in [7, 11) is 1.20. The molecule has 122 valence electrons. The second kappa shape index (κ2) is 5.53. The SMILES string of the molecule is COC(=O)N[C@H]1CC(=O)c2ccn3c2C1C(=O)C[C@H](C(=O)O)C3. The Kier molecular flexibility index (Phi) is 3.67. The van der Waals surface area contributed by atoms with Crippen molar-refractivity contribution >= 4 is 23.6 Å². The van der Waals surface area contributed by atoms with Crippen molar-refractivity contribution in [2.75, 3.05) is 7.11 Å². The lowest BCUT2D eigenvalue weighted by atomic mass is 9.79. The highest BCUT2D eigenvalue weighted by molar-refractivity contribution is 6.03. The lowest BCUT2D eigenvalue weighted by molar-refractivity contribution is -0.144. The van der Waals surface area contributed by atoms with Gasteiger partial charge in [0.15, 0.2) is 5.78 Å². The molecule has 0 aromatic carbocycles. The van der Waals surface area contributed by atoms with Gasteiger partial charge in [0, 0.05) is 36.8 Å². The van der Waals surface area contributed by atoms with Crippen LogP contribution in [-0.4, -0.2) is 46.5 Å². The Balaban J connectivity index is 2.05. The largest absolute Gasteiger partial charge is 0.481 e. The van der Waals surface area contributed by atoms with E-state index in [2.05, 4.69) is 10.1 Å². The maximum absolute atomic E-state index is 12.6. The second-order valence-corrected chi connectivity index (χ2v) is 5.82. The van der Waals surface area contributed by atoms with E-state index >= 15 is 0 Å². The van der Waals surface area contributed by atoms with Gasteiger partial charge in [-0.15, -0.1) is 0 Å². The van der Waals surface area contributed by atoms with E-state index in [1.165, 1.54) is 7.11 Å². The van der Waals surface area contributed by atoms with E-state index in [9.17, 15) is 24.3 Å². The topological polar surface area (TPSA) is 115 Å². The first kappa shape index (κ1) is 15.3. The Morgan fingerprint density at radius 3 is 2.74 bits per heavy atom. The minimum Gasteiger partial charge on any atom is -0.481 e. The highest BCUT2D eigenvalue weighted by Crippen LogP contribution is 2.37. The van der Waals surface area contributed by atoms with Crippen LogP contribution in [0.1, 0.15) is 34.8 Å². The van der Waals surface area contributed by atoms with Gasteiger partial charge >= 0.3 is 12.1 Å². The van der Waals surface area contributed by atoms with Crippen molar-refractivity contribution in [3.8, 4) is 0 Å². The van der Waals surface area contributed by atoms with E-state index in [0.717, 1.165) is 0 Å². The average Bonchev–Trinajstić information content (AvgIpc) is 2.84. The van der Waals surface area contributed by atoms with Crippen LogP contribution in [-0.2, 0) is 20.9 Å². The number of carbonyl (C=O) groups is 4. The third-order valence-corrected chi connectivity index (χ3v) is 4.46. The Bertz CT molecular complexity index is 707. The molecule has 3 rings (SSSR count). The van der Waals surface area contributed by atoms with Crippen LogP contribution in [0.25, 0.3) is 0 Å². The van der Waals surface area contributed by atoms with Crippen molar-refractivity contribution in [1.29, 1.82) is 0 Å². The number of carbonyl (C=O) groups excluding carboxylic acids is 3. The van der Waals surface area contributed by atoms with E-state index in [4.69, 9.17) is 0 Å². The summed E-state index contributed by atoms with van der Waals surface area (Å²) < 4.78 is 6.20. The molecule has 1 aliphatic carbocycles. The van der Waals surface area contributed by atoms with Crippen molar-refractivity contribution in [2.24, 2.45) is 5.92 Å². The molecule has 2 aliphatic rings. The third kappa shape index (κ3) is 2.49. The van der Waals surface area contributed by atoms with Gasteiger partial charge in [-0.2, -0.15) is 0 Å². The van der Waals surface area contributed by atoms with Crippen LogP contribution in [0.4, 0.5) is 4.79 Å². The molecule has 1 aromatic rings. The molecule has 0 fully saturated rings. The Hall–Kier alpha value is -2.64. The van der Waals surface area contributed by atoms with E-state index in [-0.39, 0.29) is 31.0 Å². The minimum atomic E-state index is -1.05. The van der Waals surface area contributed by atoms with Crippen molar-refractivity contribution < 1.29 is 29.0 Å². The van der Waals surface area contributed by atoms with Crippen LogP contribution >= 0.6 is 0 Å². The molecule has 1 aliphatic heterocycles. The zero-order valence-electron chi connectivity index (χ0n) is 12.4. The van der Waals surface area contributed by atoms with Crippen LogP contribution in [0, 0.1) is 5.92 Å². The van der Waals surface area contributed by atoms with Gasteiger partial charge in [0.2, 0.25) is 0 Å². The number of hydrogen-bond donors (Lipinski definition) is 2. The molecule has 0 radical (unpaired) electrons. The Labute approximate surface area is 131 Å². The number of aromatic nitrogens is 1. The summed E-state index contributed by atoms with van der Waals surface area (Å²) in [5, 5.41) is 11.8. The Morgan fingerprint density at radius 1 is 1.35 bits per heavy atom. The first-order valence-corrected chi connectivity index (χ1v) is 7.24. The molecule has 0 saturated carbocycles. The molecular weight excluding hydrogens is 304 g/mol. The summed E-state index contributed by atoms with van der Waals surface area (Å²) in [4.78, 5) is 47.7. The van der Waals surface area contributed by atoms with E-state index in [1.807, 2.05) is 0 Å². The second-order valence-electron chi connectivity index (χ2n) is 5.82. The number of nitrogens with one attached hydrogen (secondary N) is 1. The van der Waals surface area contributed by atoms with Crippen LogP contribution in [0.15, 0.2) is 12.3 Å². The van der Waals surface area contributed by atoms with Crippen molar-refractivity contribution in [1.82, 2.24) is 9.88 Å². The average molecular weight is 320 g/mol. The fourth-order valence-corrected chi connectivity index (χ4v) is 3.40. The molecule has 8 heteroatoms. The summed E-state index contributed by atoms with van der Waals surface area (Å²) in [5.74, 6) is -3.11. The number of methoxy groups -OCH3 is 1. The molecule has 2 N–H and O–H groups in total. The first-order chi connectivity index (χ1) is 10.9. The summed E-state index contributed by atoms with van der Waals surface area (Å²) in [6.45, 7) is 0.130. The molecule has 3 atom stereocenters. The molecule has 1 amide bonds. The number of carboxylic acid groups (broad SMARTS) is 1. The van der Waals surface area contributed by atoms with Gasteiger partial charge in [0.1, 0.15) is 5.78 Å². The fourth-order valence-electron chi connectivity index (χ4n) is 3.40. The highest BCUT2D eigenvalue weighted by Gasteiger charge is 2.44. The number of alkyl carbamates (subject to hydrolysis) is 1. The molecular formula is C15H16N2O6. The molecule has 2 heterocycles. The molecule has 1 aromatic heterocycles. The van der Waals surface area contributed by atoms with Gasteiger partial charge in [0.05, 0.1) is 25.0 Å². The summed E-state index contributed by atoms with van der Waals surface area (Å²) in [5.41, 5.74) is 0.925. The normalized spacial score (nSPS) is 26.2. The van der Waals surface area contributed by atoms with Crippen LogP contribution in [0.3, 0.4) is 0 Å². The van der Waals surface area contributed by atoms with Crippen LogP contribution < -0.4 is 5.32 Å². The lowest BCUT2D eigenvalue weighted by Crippen LogP contribution is -2.46. The lowest BCUT2D eigenvalue weighted by Gasteiger charge is -2.30. The third-order valence-electron chi connectivity index (χ3n) is 4.46. The number of aliphatic carboxylic acids is 1. The van der Waals surface area contributed by atoms with Crippen molar-refractivity contribution in [2.45, 2.75) is 31.3 Å². The molecule has 8 nitrogen and oxygen atoms in total. The summed E-state index contributed by atoms with van der Waals surface area (Å²) in [6, 6.07) is 0.882. The maximum atomic E-state index is 12.6. The van der Waals surface area contributed by atoms with Gasteiger partial charge in [-0.25, -0.2) is 4.79 Å². The molecule has 0 bridgehead atoms. The number of rotatable bonds is 2. The van der Waals surface area contributed by atoms with Gasteiger partial charge in [-0.1, -0.05) is 0 Å². The molecule has 0 saturated heterocycles. The minimum absolute atomic E-state index is 0.0136. The van der Waals surface area contributed by atoms with E-state index < -0.39 is 29.9 Å². The molecule has 23 heavy (non-hydrogen) atoms. The number of carboxylic acids is 1. The molecule has 0 spiro atoms. The summed E-state index contributed by atoms with van der Waals surface area (Å²) in [6.07, 6.45) is 0.760. The quantitative estimate of drug-likeness (QED) is 0.822. The zero-order valence-corrected chi connectivity index (χ0v) is 12.4. The standard InChI is InChI=1S/C15H16N2O6/c1-23-15(22)16-9-5-10(18)8-2-3-17-6-7(14(20)21)4-11(19)12(9)13(8)17/h2-3,7,9,12H,4-6H2,1H3,(H,16,22)(H,20,21)/t7-,9-,12?/m0/s1. The number of ether oxygens (including phenoxy) is 1. The summed E-state index contributed by atoms with van der Waals surface area (Å²) >= 11 is 0. The van der Waals surface area contributed by atoms with Gasteiger partial charge in [-0.3, -0.25) is 14.4 Å². The first-order valence-electron chi connectivity index (χ1n) is 7.24. The van der Waals surface area contributed by atoms with E-state index in [1.54, 1.807) is 16.8 Å². The van der Waals surface area contributed by atoms with Crippen molar-refractivity contribution in [3.05, 3.63) is 23.5 Å². The number of hydrogen-bond acceptors (Lipinski definition) is 5. The number of Topliss-reactive ketones (excluding diaryl/α,β-unsaturated/α-hetero) is 2. The van der Waals surface area contributed by atoms with Gasteiger partial charge < -0.3 is 19.7 Å². The van der Waals surface area contributed by atoms with E-state index in [0.29, 0.717) is 11.3 Å². The van der Waals surface area contributed by atoms with Gasteiger partial charge in [-0.05, 0) is 6.07 Å². The smallest absolute Gasteiger partial charge is 0.407 e. The van der Waals surface area contributed by atoms with Crippen LogP contribution in [0.2, 0.25) is 0 Å².